The first-order valence-electron chi connectivity index (χ1n) is 7.50. The smallest absolute Gasteiger partial charge is 0.142 e. The second-order valence-electron chi connectivity index (χ2n) is 5.41. The van der Waals surface area contributed by atoms with E-state index >= 15 is 0 Å². The van der Waals surface area contributed by atoms with E-state index in [-0.39, 0.29) is 0 Å². The number of hydrogen-bond acceptors (Lipinski definition) is 3. The van der Waals surface area contributed by atoms with Crippen LogP contribution in [0.15, 0.2) is 48.5 Å². The second-order valence-corrected chi connectivity index (χ2v) is 5.81. The molecule has 2 aromatic rings. The zero-order valence-corrected chi connectivity index (χ0v) is 13.8. The van der Waals surface area contributed by atoms with Crippen molar-refractivity contribution >= 4 is 17.3 Å². The van der Waals surface area contributed by atoms with Crippen molar-refractivity contribution in [1.82, 2.24) is 0 Å². The summed E-state index contributed by atoms with van der Waals surface area (Å²) >= 11 is 6.05. The molecule has 0 fully saturated rings. The van der Waals surface area contributed by atoms with Gasteiger partial charge in [0.25, 0.3) is 0 Å². The largest absolute Gasteiger partial charge is 0.491 e. The number of nitrogens with one attached hydrogen (secondary N) is 1. The Hall–Kier alpha value is -1.87. The maximum Gasteiger partial charge on any atom is 0.142 e. The van der Waals surface area contributed by atoms with Gasteiger partial charge in [0.1, 0.15) is 18.1 Å². The molecule has 2 rings (SSSR count). The molecule has 0 aliphatic heterocycles. The molecule has 0 saturated heterocycles. The minimum Gasteiger partial charge on any atom is -0.491 e. The summed E-state index contributed by atoms with van der Waals surface area (Å²) in [7, 11) is 0. The van der Waals surface area contributed by atoms with Crippen LogP contribution in [-0.4, -0.2) is 19.8 Å². The molecule has 1 N–H and O–H groups in total. The van der Waals surface area contributed by atoms with Gasteiger partial charge in [-0.2, -0.15) is 0 Å². The molecule has 0 aromatic heterocycles. The van der Waals surface area contributed by atoms with Crippen molar-refractivity contribution in [3.63, 3.8) is 0 Å². The van der Waals surface area contributed by atoms with Crippen molar-refractivity contribution in [2.75, 3.05) is 25.1 Å². The van der Waals surface area contributed by atoms with Crippen LogP contribution in [-0.2, 0) is 0 Å². The van der Waals surface area contributed by atoms with E-state index in [1.165, 1.54) is 0 Å². The molecule has 0 unspecified atom stereocenters. The van der Waals surface area contributed by atoms with Crippen LogP contribution in [0.5, 0.6) is 11.5 Å². The first kappa shape index (κ1) is 16.5. The highest BCUT2D eigenvalue weighted by Crippen LogP contribution is 2.25. The Morgan fingerprint density at radius 3 is 2.36 bits per heavy atom. The quantitative estimate of drug-likeness (QED) is 0.704. The van der Waals surface area contributed by atoms with Crippen LogP contribution in [0.4, 0.5) is 5.69 Å². The molecule has 0 amide bonds. The summed E-state index contributed by atoms with van der Waals surface area (Å²) in [4.78, 5) is 0. The van der Waals surface area contributed by atoms with Gasteiger partial charge < -0.3 is 14.8 Å². The molecule has 0 aliphatic rings. The third-order valence-corrected chi connectivity index (χ3v) is 3.28. The number of ether oxygens (including phenoxy) is 2. The van der Waals surface area contributed by atoms with E-state index in [2.05, 4.69) is 19.2 Å². The Morgan fingerprint density at radius 2 is 1.64 bits per heavy atom. The number of benzene rings is 2. The summed E-state index contributed by atoms with van der Waals surface area (Å²) in [5, 5.41) is 3.96. The monoisotopic (exact) mass is 319 g/mol. The van der Waals surface area contributed by atoms with Crippen LogP contribution in [0.25, 0.3) is 0 Å². The number of halogens is 1. The SMILES string of the molecule is CC(C)COc1ccccc1NCCOc1ccccc1Cl. The highest BCUT2D eigenvalue weighted by Gasteiger charge is 2.04. The van der Waals surface area contributed by atoms with Crippen LogP contribution in [0.2, 0.25) is 5.02 Å². The molecule has 0 atom stereocenters. The maximum atomic E-state index is 6.05. The molecule has 0 spiro atoms. The molecule has 3 nitrogen and oxygen atoms in total. The van der Waals surface area contributed by atoms with Crippen LogP contribution in [0.3, 0.4) is 0 Å². The lowest BCUT2D eigenvalue weighted by Gasteiger charge is -2.15. The van der Waals surface area contributed by atoms with E-state index in [9.17, 15) is 0 Å². The van der Waals surface area contributed by atoms with Gasteiger partial charge in [-0.1, -0.05) is 49.7 Å². The Morgan fingerprint density at radius 1 is 0.955 bits per heavy atom. The van der Waals surface area contributed by atoms with Gasteiger partial charge in [0, 0.05) is 6.54 Å². The van der Waals surface area contributed by atoms with Crippen molar-refractivity contribution in [3.8, 4) is 11.5 Å². The zero-order valence-electron chi connectivity index (χ0n) is 13.0. The number of hydrogen-bond donors (Lipinski definition) is 1. The number of anilines is 1. The van der Waals surface area contributed by atoms with Gasteiger partial charge in [-0.15, -0.1) is 0 Å². The van der Waals surface area contributed by atoms with Gasteiger partial charge in [0.05, 0.1) is 17.3 Å². The van der Waals surface area contributed by atoms with Crippen LogP contribution >= 0.6 is 11.6 Å². The second kappa shape index (κ2) is 8.54. The molecule has 118 valence electrons. The summed E-state index contributed by atoms with van der Waals surface area (Å²) < 4.78 is 11.5. The average Bonchev–Trinajstić information content (AvgIpc) is 2.52. The first-order chi connectivity index (χ1) is 10.7. The molecule has 0 saturated carbocycles. The van der Waals surface area contributed by atoms with E-state index < -0.39 is 0 Å². The molecule has 22 heavy (non-hydrogen) atoms. The standard InChI is InChI=1S/C18H22ClNO2/c1-14(2)13-22-18-10-6-4-8-16(18)20-11-12-21-17-9-5-3-7-15(17)19/h3-10,14,20H,11-13H2,1-2H3. The van der Waals surface area contributed by atoms with Crippen LogP contribution < -0.4 is 14.8 Å². The fraction of sp³-hybridized carbons (Fsp3) is 0.333. The molecule has 0 radical (unpaired) electrons. The molecular formula is C18H22ClNO2. The Kier molecular flexibility index (Phi) is 6.41. The molecule has 0 aliphatic carbocycles. The molecule has 4 heteroatoms. The Bertz CT molecular complexity index is 587. The molecule has 0 bridgehead atoms. The van der Waals surface area contributed by atoms with Crippen molar-refractivity contribution < 1.29 is 9.47 Å². The van der Waals surface area contributed by atoms with Gasteiger partial charge in [0.15, 0.2) is 0 Å². The predicted octanol–water partition coefficient (Wildman–Crippen LogP) is 4.87. The zero-order chi connectivity index (χ0) is 15.8. The van der Waals surface area contributed by atoms with Gasteiger partial charge in [0.2, 0.25) is 0 Å². The average molecular weight is 320 g/mol. The maximum absolute atomic E-state index is 6.05. The lowest BCUT2D eigenvalue weighted by Crippen LogP contribution is -2.13. The molecule has 0 heterocycles. The van der Waals surface area contributed by atoms with E-state index in [1.54, 1.807) is 0 Å². The lowest BCUT2D eigenvalue weighted by atomic mass is 10.2. The molecular weight excluding hydrogens is 298 g/mol. The van der Waals surface area contributed by atoms with Gasteiger partial charge in [-0.05, 0) is 30.2 Å². The lowest BCUT2D eigenvalue weighted by molar-refractivity contribution is 0.272. The number of rotatable bonds is 8. The highest BCUT2D eigenvalue weighted by atomic mass is 35.5. The van der Waals surface area contributed by atoms with Crippen molar-refractivity contribution in [2.24, 2.45) is 5.92 Å². The van der Waals surface area contributed by atoms with Crippen LogP contribution in [0, 0.1) is 5.92 Å². The van der Waals surface area contributed by atoms with E-state index in [0.29, 0.717) is 36.4 Å². The Balaban J connectivity index is 1.83. The summed E-state index contributed by atoms with van der Waals surface area (Å²) in [5.41, 5.74) is 0.978. The third-order valence-electron chi connectivity index (χ3n) is 2.97. The van der Waals surface area contributed by atoms with Crippen molar-refractivity contribution in [1.29, 1.82) is 0 Å². The minimum atomic E-state index is 0.497. The normalized spacial score (nSPS) is 10.5. The summed E-state index contributed by atoms with van der Waals surface area (Å²) in [6, 6.07) is 15.4. The van der Waals surface area contributed by atoms with Crippen LogP contribution in [0.1, 0.15) is 13.8 Å². The summed E-state index contributed by atoms with van der Waals surface area (Å²) in [6.07, 6.45) is 0. The van der Waals surface area contributed by atoms with Gasteiger partial charge in [-0.25, -0.2) is 0 Å². The predicted molar refractivity (Wildman–Crippen MR) is 92.2 cm³/mol. The fourth-order valence-corrected chi connectivity index (χ4v) is 2.09. The third kappa shape index (κ3) is 5.15. The topological polar surface area (TPSA) is 30.5 Å². The summed E-state index contributed by atoms with van der Waals surface area (Å²) in [6.45, 7) is 6.17. The highest BCUT2D eigenvalue weighted by molar-refractivity contribution is 6.32. The van der Waals surface area contributed by atoms with E-state index in [4.69, 9.17) is 21.1 Å². The van der Waals surface area contributed by atoms with Gasteiger partial charge in [-0.3, -0.25) is 0 Å². The van der Waals surface area contributed by atoms with E-state index in [1.807, 2.05) is 48.5 Å². The Labute approximate surface area is 137 Å². The minimum absolute atomic E-state index is 0.497. The van der Waals surface area contributed by atoms with Crippen molar-refractivity contribution in [2.45, 2.75) is 13.8 Å². The molecule has 2 aromatic carbocycles. The number of para-hydroxylation sites is 3. The van der Waals surface area contributed by atoms with E-state index in [0.717, 1.165) is 11.4 Å². The fourth-order valence-electron chi connectivity index (χ4n) is 1.90. The van der Waals surface area contributed by atoms with Crippen molar-refractivity contribution in [3.05, 3.63) is 53.6 Å². The van der Waals surface area contributed by atoms with Gasteiger partial charge >= 0.3 is 0 Å². The first-order valence-corrected chi connectivity index (χ1v) is 7.87. The summed E-state index contributed by atoms with van der Waals surface area (Å²) in [5.74, 6) is 2.07.